The molecule has 6 heteroatoms. The Morgan fingerprint density at radius 3 is 2.31 bits per heavy atom. The molecular formula is C10H12F2N2O2. The maximum Gasteiger partial charge on any atom is 0.220 e. The molecule has 16 heavy (non-hydrogen) atoms. The van der Waals surface area contributed by atoms with Gasteiger partial charge in [-0.05, 0) is 17.7 Å². The number of hydrogen-bond acceptors (Lipinski definition) is 3. The summed E-state index contributed by atoms with van der Waals surface area (Å²) < 4.78 is 31.4. The molecule has 1 amide bonds. The summed E-state index contributed by atoms with van der Waals surface area (Å²) >= 11 is 0. The number of ether oxygens (including phenoxy) is 1. The van der Waals surface area contributed by atoms with Crippen LogP contribution in [0.15, 0.2) is 12.1 Å². The molecule has 0 heterocycles. The Kier molecular flexibility index (Phi) is 4.19. The van der Waals surface area contributed by atoms with E-state index in [9.17, 15) is 13.6 Å². The van der Waals surface area contributed by atoms with Gasteiger partial charge in [0.15, 0.2) is 17.4 Å². The molecular weight excluding hydrogens is 218 g/mol. The van der Waals surface area contributed by atoms with E-state index in [1.807, 2.05) is 0 Å². The molecule has 0 aliphatic rings. The van der Waals surface area contributed by atoms with E-state index in [0.717, 1.165) is 12.1 Å². The molecule has 4 nitrogen and oxygen atoms in total. The van der Waals surface area contributed by atoms with Gasteiger partial charge in [0.2, 0.25) is 5.91 Å². The SMILES string of the molecule is NCc1cc(F)c(OCCC(N)=O)c(F)c1. The highest BCUT2D eigenvalue weighted by Crippen LogP contribution is 2.23. The van der Waals surface area contributed by atoms with Crippen molar-refractivity contribution in [2.75, 3.05) is 6.61 Å². The van der Waals surface area contributed by atoms with Gasteiger partial charge in [0, 0.05) is 6.54 Å². The van der Waals surface area contributed by atoms with Crippen LogP contribution in [0.1, 0.15) is 12.0 Å². The Labute approximate surface area is 91.2 Å². The topological polar surface area (TPSA) is 78.3 Å². The lowest BCUT2D eigenvalue weighted by Gasteiger charge is -2.08. The number of nitrogens with two attached hydrogens (primary N) is 2. The maximum atomic E-state index is 13.3. The summed E-state index contributed by atoms with van der Waals surface area (Å²) in [5.41, 5.74) is 10.4. The molecule has 0 saturated carbocycles. The summed E-state index contributed by atoms with van der Waals surface area (Å²) in [4.78, 5) is 10.4. The van der Waals surface area contributed by atoms with Crippen LogP contribution in [0.4, 0.5) is 8.78 Å². The van der Waals surface area contributed by atoms with Gasteiger partial charge in [0.25, 0.3) is 0 Å². The maximum absolute atomic E-state index is 13.3. The van der Waals surface area contributed by atoms with Crippen LogP contribution in [-0.2, 0) is 11.3 Å². The van der Waals surface area contributed by atoms with Gasteiger partial charge in [-0.15, -0.1) is 0 Å². The van der Waals surface area contributed by atoms with Crippen LogP contribution in [0.2, 0.25) is 0 Å². The van der Waals surface area contributed by atoms with Gasteiger partial charge in [-0.1, -0.05) is 0 Å². The van der Waals surface area contributed by atoms with Crippen molar-refractivity contribution in [3.05, 3.63) is 29.3 Å². The van der Waals surface area contributed by atoms with Gasteiger partial charge < -0.3 is 16.2 Å². The molecule has 0 saturated heterocycles. The zero-order valence-corrected chi connectivity index (χ0v) is 8.50. The van der Waals surface area contributed by atoms with Crippen LogP contribution < -0.4 is 16.2 Å². The second kappa shape index (κ2) is 5.41. The van der Waals surface area contributed by atoms with Crippen LogP contribution in [-0.4, -0.2) is 12.5 Å². The second-order valence-electron chi connectivity index (χ2n) is 3.16. The molecule has 0 aliphatic heterocycles. The summed E-state index contributed by atoms with van der Waals surface area (Å²) in [7, 11) is 0. The molecule has 1 rings (SSSR count). The fourth-order valence-electron chi connectivity index (χ4n) is 1.12. The van der Waals surface area contributed by atoms with E-state index in [1.165, 1.54) is 0 Å². The van der Waals surface area contributed by atoms with E-state index in [2.05, 4.69) is 0 Å². The third-order valence-corrected chi connectivity index (χ3v) is 1.89. The summed E-state index contributed by atoms with van der Waals surface area (Å²) in [6.45, 7) is -0.124. The minimum atomic E-state index is -0.843. The summed E-state index contributed by atoms with van der Waals surface area (Å²) in [6, 6.07) is 2.17. The molecule has 0 aromatic heterocycles. The third kappa shape index (κ3) is 3.16. The molecule has 1 aromatic rings. The number of carbonyl (C=O) groups excluding carboxylic acids is 1. The number of amides is 1. The minimum Gasteiger partial charge on any atom is -0.487 e. The minimum absolute atomic E-state index is 0.0371. The first-order valence-electron chi connectivity index (χ1n) is 4.63. The van der Waals surface area contributed by atoms with E-state index in [1.54, 1.807) is 0 Å². The van der Waals surface area contributed by atoms with E-state index < -0.39 is 23.3 Å². The van der Waals surface area contributed by atoms with Crippen molar-refractivity contribution < 1.29 is 18.3 Å². The first kappa shape index (κ1) is 12.4. The van der Waals surface area contributed by atoms with Crippen molar-refractivity contribution in [1.82, 2.24) is 0 Å². The van der Waals surface area contributed by atoms with Gasteiger partial charge in [-0.3, -0.25) is 4.79 Å². The highest BCUT2D eigenvalue weighted by molar-refractivity contribution is 5.73. The number of rotatable bonds is 5. The highest BCUT2D eigenvalue weighted by atomic mass is 19.1. The zero-order valence-electron chi connectivity index (χ0n) is 8.50. The predicted molar refractivity (Wildman–Crippen MR) is 53.6 cm³/mol. The fourth-order valence-corrected chi connectivity index (χ4v) is 1.12. The second-order valence-corrected chi connectivity index (χ2v) is 3.16. The molecule has 0 fully saturated rings. The monoisotopic (exact) mass is 230 g/mol. The average Bonchev–Trinajstić information content (AvgIpc) is 2.21. The number of benzene rings is 1. The largest absolute Gasteiger partial charge is 0.487 e. The quantitative estimate of drug-likeness (QED) is 0.780. The standard InChI is InChI=1S/C10H12F2N2O2/c11-7-3-6(5-13)4-8(12)10(7)16-2-1-9(14)15/h3-4H,1-2,5,13H2,(H2,14,15). The average molecular weight is 230 g/mol. The molecule has 4 N–H and O–H groups in total. The highest BCUT2D eigenvalue weighted by Gasteiger charge is 2.12. The van der Waals surface area contributed by atoms with E-state index in [4.69, 9.17) is 16.2 Å². The van der Waals surface area contributed by atoms with Crippen LogP contribution in [0.3, 0.4) is 0 Å². The smallest absolute Gasteiger partial charge is 0.220 e. The number of halogens is 2. The van der Waals surface area contributed by atoms with Crippen LogP contribution >= 0.6 is 0 Å². The molecule has 0 spiro atoms. The van der Waals surface area contributed by atoms with Gasteiger partial charge in [0.05, 0.1) is 13.0 Å². The Balaban J connectivity index is 2.76. The van der Waals surface area contributed by atoms with Crippen molar-refractivity contribution >= 4 is 5.91 Å². The first-order chi connectivity index (χ1) is 7.54. The molecule has 88 valence electrons. The van der Waals surface area contributed by atoms with Crippen LogP contribution in [0, 0.1) is 11.6 Å². The summed E-state index contributed by atoms with van der Waals surface area (Å²) in [5.74, 6) is -2.80. The summed E-state index contributed by atoms with van der Waals surface area (Å²) in [6.07, 6.45) is -0.0997. The van der Waals surface area contributed by atoms with Crippen molar-refractivity contribution in [3.63, 3.8) is 0 Å². The van der Waals surface area contributed by atoms with Crippen molar-refractivity contribution in [3.8, 4) is 5.75 Å². The zero-order chi connectivity index (χ0) is 12.1. The van der Waals surface area contributed by atoms with E-state index in [-0.39, 0.29) is 19.6 Å². The predicted octanol–water partition coefficient (Wildman–Crippen LogP) is 0.678. The Hall–Kier alpha value is -1.69. The third-order valence-electron chi connectivity index (χ3n) is 1.89. The van der Waals surface area contributed by atoms with Gasteiger partial charge in [0.1, 0.15) is 0 Å². The van der Waals surface area contributed by atoms with E-state index in [0.29, 0.717) is 5.56 Å². The number of hydrogen-bond donors (Lipinski definition) is 2. The van der Waals surface area contributed by atoms with Crippen LogP contribution in [0.25, 0.3) is 0 Å². The fraction of sp³-hybridized carbons (Fsp3) is 0.300. The lowest BCUT2D eigenvalue weighted by molar-refractivity contribution is -0.118. The Morgan fingerprint density at radius 2 is 1.88 bits per heavy atom. The van der Waals surface area contributed by atoms with Gasteiger partial charge >= 0.3 is 0 Å². The van der Waals surface area contributed by atoms with Crippen molar-refractivity contribution in [2.24, 2.45) is 11.5 Å². The van der Waals surface area contributed by atoms with Crippen LogP contribution in [0.5, 0.6) is 5.75 Å². The van der Waals surface area contributed by atoms with Gasteiger partial charge in [-0.25, -0.2) is 8.78 Å². The lowest BCUT2D eigenvalue weighted by atomic mass is 10.2. The molecule has 0 unspecified atom stereocenters. The lowest BCUT2D eigenvalue weighted by Crippen LogP contribution is -2.15. The van der Waals surface area contributed by atoms with Crippen molar-refractivity contribution in [1.29, 1.82) is 0 Å². The molecule has 0 atom stereocenters. The molecule has 0 aliphatic carbocycles. The van der Waals surface area contributed by atoms with E-state index >= 15 is 0 Å². The Bertz CT molecular complexity index is 373. The summed E-state index contributed by atoms with van der Waals surface area (Å²) in [5, 5.41) is 0. The number of carbonyl (C=O) groups is 1. The molecule has 0 radical (unpaired) electrons. The normalized spacial score (nSPS) is 10.2. The molecule has 1 aromatic carbocycles. The number of primary amides is 1. The van der Waals surface area contributed by atoms with Gasteiger partial charge in [-0.2, -0.15) is 0 Å². The van der Waals surface area contributed by atoms with Crippen molar-refractivity contribution in [2.45, 2.75) is 13.0 Å². The molecule has 0 bridgehead atoms. The Morgan fingerprint density at radius 1 is 1.31 bits per heavy atom. The first-order valence-corrected chi connectivity index (χ1v) is 4.63.